The highest BCUT2D eigenvalue weighted by Crippen LogP contribution is 2.47. The Balaban J connectivity index is 1.26. The molecule has 1 heterocycles. The number of aliphatic hydroxyl groups excluding tert-OH is 1. The lowest BCUT2D eigenvalue weighted by molar-refractivity contribution is -0.131. The first-order chi connectivity index (χ1) is 15.3. The summed E-state index contributed by atoms with van der Waals surface area (Å²) < 4.78 is 19.1. The smallest absolute Gasteiger partial charge is 0.258 e. The number of carbonyl (C=O) groups is 2. The van der Waals surface area contributed by atoms with Crippen molar-refractivity contribution in [1.82, 2.24) is 16.0 Å². The van der Waals surface area contributed by atoms with Gasteiger partial charge in [0.25, 0.3) is 5.91 Å². The number of halogens is 1. The second-order valence-electron chi connectivity index (χ2n) is 9.88. The number of benzene rings is 1. The minimum atomic E-state index is -0.352. The average Bonchev–Trinajstić information content (AvgIpc) is 2.81. The Morgan fingerprint density at radius 3 is 2.44 bits per heavy atom. The third kappa shape index (κ3) is 5.07. The molecule has 176 valence electrons. The molecular formula is C24H34FN3O4. The number of carbonyl (C=O) groups excluding carboxylic acids is 2. The Morgan fingerprint density at radius 2 is 1.81 bits per heavy atom. The Bertz CT molecular complexity index is 837. The van der Waals surface area contributed by atoms with Crippen molar-refractivity contribution in [1.29, 1.82) is 0 Å². The van der Waals surface area contributed by atoms with Crippen molar-refractivity contribution in [2.45, 2.75) is 75.4 Å². The van der Waals surface area contributed by atoms with E-state index in [0.717, 1.165) is 51.5 Å². The molecular weight excluding hydrogens is 413 g/mol. The summed E-state index contributed by atoms with van der Waals surface area (Å²) in [5.41, 5.74) is 0.0808. The Labute approximate surface area is 188 Å². The number of amides is 2. The van der Waals surface area contributed by atoms with E-state index in [1.807, 2.05) is 0 Å². The van der Waals surface area contributed by atoms with Crippen molar-refractivity contribution in [3.63, 3.8) is 0 Å². The lowest BCUT2D eigenvalue weighted by Gasteiger charge is -2.54. The molecule has 0 aromatic heterocycles. The Morgan fingerprint density at radius 1 is 1.16 bits per heavy atom. The van der Waals surface area contributed by atoms with E-state index in [1.165, 1.54) is 6.07 Å². The van der Waals surface area contributed by atoms with Gasteiger partial charge in [-0.1, -0.05) is 6.07 Å². The van der Waals surface area contributed by atoms with E-state index >= 15 is 0 Å². The second kappa shape index (κ2) is 9.35. The first-order valence-electron chi connectivity index (χ1n) is 11.7. The second-order valence-corrected chi connectivity index (χ2v) is 9.88. The monoisotopic (exact) mass is 447 g/mol. The van der Waals surface area contributed by atoms with Crippen molar-refractivity contribution in [2.24, 2.45) is 5.92 Å². The van der Waals surface area contributed by atoms with Gasteiger partial charge in [-0.25, -0.2) is 4.39 Å². The minimum Gasteiger partial charge on any atom is -0.484 e. The number of rotatable bonds is 7. The van der Waals surface area contributed by atoms with Crippen LogP contribution in [0.25, 0.3) is 0 Å². The first-order valence-corrected chi connectivity index (χ1v) is 11.7. The fourth-order valence-corrected chi connectivity index (χ4v) is 5.41. The van der Waals surface area contributed by atoms with E-state index in [-0.39, 0.29) is 53.9 Å². The predicted molar refractivity (Wildman–Crippen MR) is 118 cm³/mol. The van der Waals surface area contributed by atoms with Gasteiger partial charge in [-0.3, -0.25) is 9.59 Å². The van der Waals surface area contributed by atoms with Gasteiger partial charge in [-0.2, -0.15) is 0 Å². The molecule has 2 atom stereocenters. The zero-order chi connectivity index (χ0) is 22.8. The van der Waals surface area contributed by atoms with E-state index < -0.39 is 0 Å². The molecule has 2 bridgehead atoms. The van der Waals surface area contributed by atoms with E-state index in [2.05, 4.69) is 16.0 Å². The molecule has 0 radical (unpaired) electrons. The van der Waals surface area contributed by atoms with Crippen LogP contribution in [0.1, 0.15) is 56.9 Å². The van der Waals surface area contributed by atoms with Gasteiger partial charge in [-0.15, -0.1) is 0 Å². The van der Waals surface area contributed by atoms with Crippen molar-refractivity contribution >= 4 is 11.8 Å². The summed E-state index contributed by atoms with van der Waals surface area (Å²) in [6.07, 6.45) is 6.51. The molecule has 5 rings (SSSR count). The summed E-state index contributed by atoms with van der Waals surface area (Å²) in [7, 11) is 0. The molecule has 3 saturated carbocycles. The van der Waals surface area contributed by atoms with Crippen LogP contribution >= 0.6 is 0 Å². The van der Waals surface area contributed by atoms with Gasteiger partial charge in [0.1, 0.15) is 11.6 Å². The third-order valence-electron chi connectivity index (χ3n) is 7.64. The molecule has 7 nitrogen and oxygen atoms in total. The van der Waals surface area contributed by atoms with E-state index in [0.29, 0.717) is 17.7 Å². The number of nitrogens with one attached hydrogen (secondary N) is 3. The summed E-state index contributed by atoms with van der Waals surface area (Å²) in [6.45, 7) is 2.41. The lowest BCUT2D eigenvalue weighted by Crippen LogP contribution is -2.65. The standard InChI is InChI=1S/C24H34FN3O4/c1-16-2-3-18(13-19(16)25)32-15-21(30)27-23-5-8-24(9-6-23,10-7-23)28-22(31)20-12-17(14-29)4-11-26-20/h2-3,13,17,20,26,29H,4-12,14-15H2,1H3,(H,27,30)(H,28,31). The molecule has 2 amide bonds. The van der Waals surface area contributed by atoms with Crippen molar-refractivity contribution in [3.8, 4) is 5.75 Å². The van der Waals surface area contributed by atoms with Gasteiger partial charge >= 0.3 is 0 Å². The SMILES string of the molecule is Cc1ccc(OCC(=O)NC23CCC(NC(=O)C4CC(CO)CCN4)(CC2)CC3)cc1F. The van der Waals surface area contributed by atoms with Gasteiger partial charge < -0.3 is 25.8 Å². The summed E-state index contributed by atoms with van der Waals surface area (Å²) in [5, 5.41) is 19.2. The molecule has 32 heavy (non-hydrogen) atoms. The van der Waals surface area contributed by atoms with Crippen LogP contribution in [0.2, 0.25) is 0 Å². The maximum Gasteiger partial charge on any atom is 0.258 e. The zero-order valence-electron chi connectivity index (χ0n) is 18.7. The van der Waals surface area contributed by atoms with Crippen LogP contribution in [0.5, 0.6) is 5.75 Å². The highest BCUT2D eigenvalue weighted by atomic mass is 19.1. The quantitative estimate of drug-likeness (QED) is 0.512. The Hall–Kier alpha value is -2.19. The van der Waals surface area contributed by atoms with Gasteiger partial charge in [0.2, 0.25) is 5.91 Å². The number of hydrogen-bond donors (Lipinski definition) is 4. The number of aryl methyl sites for hydroxylation is 1. The molecule has 3 aliphatic carbocycles. The fourth-order valence-electron chi connectivity index (χ4n) is 5.41. The van der Waals surface area contributed by atoms with E-state index in [1.54, 1.807) is 19.1 Å². The molecule has 2 unspecified atom stereocenters. The van der Waals surface area contributed by atoms with E-state index in [4.69, 9.17) is 4.74 Å². The van der Waals surface area contributed by atoms with Crippen LogP contribution in [0.4, 0.5) is 4.39 Å². The fraction of sp³-hybridized carbons (Fsp3) is 0.667. The summed E-state index contributed by atoms with van der Waals surface area (Å²) in [6, 6.07) is 4.34. The number of aliphatic hydroxyl groups is 1. The molecule has 4 N–H and O–H groups in total. The molecule has 4 aliphatic rings. The highest BCUT2D eigenvalue weighted by Gasteiger charge is 2.50. The predicted octanol–water partition coefficient (Wildman–Crippen LogP) is 1.95. The van der Waals surface area contributed by atoms with Crippen molar-refractivity contribution < 1.29 is 23.8 Å². The van der Waals surface area contributed by atoms with Crippen LogP contribution in [0.15, 0.2) is 18.2 Å². The average molecular weight is 448 g/mol. The molecule has 0 spiro atoms. The maximum atomic E-state index is 13.7. The summed E-state index contributed by atoms with van der Waals surface area (Å²) in [4.78, 5) is 25.4. The van der Waals surface area contributed by atoms with Crippen molar-refractivity contribution in [3.05, 3.63) is 29.6 Å². The van der Waals surface area contributed by atoms with Crippen LogP contribution in [0.3, 0.4) is 0 Å². The maximum absolute atomic E-state index is 13.7. The van der Waals surface area contributed by atoms with E-state index in [9.17, 15) is 19.1 Å². The lowest BCUT2D eigenvalue weighted by atomic mass is 9.61. The number of ether oxygens (including phenoxy) is 1. The molecule has 1 aromatic rings. The molecule has 1 aromatic carbocycles. The minimum absolute atomic E-state index is 0.0281. The van der Waals surface area contributed by atoms with Crippen LogP contribution in [-0.2, 0) is 9.59 Å². The number of piperidine rings is 1. The highest BCUT2D eigenvalue weighted by molar-refractivity contribution is 5.83. The summed E-state index contributed by atoms with van der Waals surface area (Å²) >= 11 is 0. The molecule has 1 saturated heterocycles. The zero-order valence-corrected chi connectivity index (χ0v) is 18.7. The number of hydrogen-bond acceptors (Lipinski definition) is 5. The largest absolute Gasteiger partial charge is 0.484 e. The number of fused-ring (bicyclic) bond motifs is 3. The normalized spacial score (nSPS) is 31.7. The van der Waals surface area contributed by atoms with Gasteiger partial charge in [-0.05, 0) is 82.4 Å². The van der Waals surface area contributed by atoms with Crippen LogP contribution in [-0.4, -0.2) is 53.8 Å². The van der Waals surface area contributed by atoms with Gasteiger partial charge in [0, 0.05) is 23.8 Å². The van der Waals surface area contributed by atoms with Crippen LogP contribution in [0, 0.1) is 18.7 Å². The molecule has 8 heteroatoms. The van der Waals surface area contributed by atoms with Gasteiger partial charge in [0.15, 0.2) is 6.61 Å². The molecule has 4 fully saturated rings. The first kappa shape index (κ1) is 23.0. The van der Waals surface area contributed by atoms with Crippen LogP contribution < -0.4 is 20.7 Å². The topological polar surface area (TPSA) is 99.7 Å². The van der Waals surface area contributed by atoms with Crippen molar-refractivity contribution in [2.75, 3.05) is 19.8 Å². The Kier molecular flexibility index (Phi) is 6.72. The molecule has 1 aliphatic heterocycles. The third-order valence-corrected chi connectivity index (χ3v) is 7.64. The summed E-state index contributed by atoms with van der Waals surface area (Å²) in [5.74, 6) is -0.000773. The van der Waals surface area contributed by atoms with Gasteiger partial charge in [0.05, 0.1) is 6.04 Å².